The van der Waals surface area contributed by atoms with Crippen molar-refractivity contribution in [2.24, 2.45) is 0 Å². The van der Waals surface area contributed by atoms with E-state index in [2.05, 4.69) is 16.8 Å². The summed E-state index contributed by atoms with van der Waals surface area (Å²) in [5.41, 5.74) is 5.33. The van der Waals surface area contributed by atoms with Crippen LogP contribution in [0.1, 0.15) is 48.7 Å². The standard InChI is InChI=1S/C33H33FN2O4/c1-2-9-28-31(33(39)35-25-12-7-4-8-13-25)30(22-10-5-3-6-11-22)32(23-14-16-24(34)17-15-23)36(28)19-18-27-20-26(37)21-29(38)40-27/h3-8,10-17,26-27,37H,2,9,18-21H2,1H3,(H,35,39). The molecule has 1 aliphatic rings. The van der Waals surface area contributed by atoms with E-state index in [9.17, 15) is 19.1 Å². The number of nitrogens with one attached hydrogen (secondary N) is 1. The monoisotopic (exact) mass is 540 g/mol. The summed E-state index contributed by atoms with van der Waals surface area (Å²) in [6.07, 6.45) is 1.11. The van der Waals surface area contributed by atoms with Crippen molar-refractivity contribution in [2.45, 2.75) is 57.8 Å². The molecule has 2 unspecified atom stereocenters. The first-order chi connectivity index (χ1) is 19.4. The van der Waals surface area contributed by atoms with E-state index in [-0.39, 0.29) is 18.1 Å². The third-order valence-corrected chi connectivity index (χ3v) is 7.21. The third kappa shape index (κ3) is 6.00. The Bertz CT molecular complexity index is 1470. The molecular weight excluding hydrogens is 507 g/mol. The maximum atomic E-state index is 14.1. The average molecular weight is 541 g/mol. The molecule has 0 spiro atoms. The van der Waals surface area contributed by atoms with Gasteiger partial charge >= 0.3 is 5.97 Å². The minimum absolute atomic E-state index is 0.00386. The fraction of sp³-hybridized carbons (Fsp3) is 0.273. The summed E-state index contributed by atoms with van der Waals surface area (Å²) in [5.74, 6) is -0.978. The Morgan fingerprint density at radius 3 is 2.33 bits per heavy atom. The Morgan fingerprint density at radius 2 is 1.68 bits per heavy atom. The van der Waals surface area contributed by atoms with E-state index in [0.717, 1.165) is 34.5 Å². The van der Waals surface area contributed by atoms with Crippen LogP contribution < -0.4 is 5.32 Å². The van der Waals surface area contributed by atoms with Crippen LogP contribution in [0.25, 0.3) is 22.4 Å². The van der Waals surface area contributed by atoms with Crippen LogP contribution in [0.2, 0.25) is 0 Å². The highest BCUT2D eigenvalue weighted by Crippen LogP contribution is 2.41. The van der Waals surface area contributed by atoms with Gasteiger partial charge in [0.1, 0.15) is 11.9 Å². The number of carbonyl (C=O) groups excluding carboxylic acids is 2. The number of benzene rings is 3. The largest absolute Gasteiger partial charge is 0.462 e. The maximum Gasteiger partial charge on any atom is 0.308 e. The average Bonchev–Trinajstić information content (AvgIpc) is 3.27. The highest BCUT2D eigenvalue weighted by molar-refractivity contribution is 6.12. The van der Waals surface area contributed by atoms with Crippen LogP contribution in [0.3, 0.4) is 0 Å². The molecular formula is C33H33FN2O4. The van der Waals surface area contributed by atoms with Gasteiger partial charge in [0.05, 0.1) is 23.8 Å². The Balaban J connectivity index is 1.69. The summed E-state index contributed by atoms with van der Waals surface area (Å²) in [6, 6.07) is 25.4. The van der Waals surface area contributed by atoms with E-state index in [1.165, 1.54) is 12.1 Å². The van der Waals surface area contributed by atoms with Gasteiger partial charge in [-0.3, -0.25) is 9.59 Å². The van der Waals surface area contributed by atoms with E-state index < -0.39 is 18.2 Å². The van der Waals surface area contributed by atoms with Gasteiger partial charge in [-0.05, 0) is 53.9 Å². The number of ether oxygens (including phenoxy) is 1. The number of nitrogens with zero attached hydrogens (tertiary/aromatic N) is 1. The van der Waals surface area contributed by atoms with Gasteiger partial charge in [-0.1, -0.05) is 61.9 Å². The molecule has 3 aromatic carbocycles. The number of rotatable bonds is 9. The lowest BCUT2D eigenvalue weighted by Crippen LogP contribution is -2.33. The van der Waals surface area contributed by atoms with Gasteiger partial charge in [-0.2, -0.15) is 0 Å². The Hall–Kier alpha value is -4.23. The molecule has 4 aromatic rings. The number of anilines is 1. The zero-order valence-corrected chi connectivity index (χ0v) is 22.5. The molecule has 2 heterocycles. The first kappa shape index (κ1) is 27.3. The number of cyclic esters (lactones) is 1. The number of carbonyl (C=O) groups is 2. The second-order valence-electron chi connectivity index (χ2n) is 10.1. The highest BCUT2D eigenvalue weighted by atomic mass is 19.1. The zero-order chi connectivity index (χ0) is 28.1. The molecule has 0 bridgehead atoms. The van der Waals surface area contributed by atoms with Gasteiger partial charge in [0.25, 0.3) is 5.91 Å². The summed E-state index contributed by atoms with van der Waals surface area (Å²) in [7, 11) is 0. The first-order valence-corrected chi connectivity index (χ1v) is 13.7. The van der Waals surface area contributed by atoms with Crippen molar-refractivity contribution in [3.05, 3.63) is 102 Å². The van der Waals surface area contributed by atoms with Crippen molar-refractivity contribution in [2.75, 3.05) is 5.32 Å². The van der Waals surface area contributed by atoms with Crippen LogP contribution in [0.5, 0.6) is 0 Å². The molecule has 5 rings (SSSR count). The number of aliphatic hydroxyl groups excluding tert-OH is 1. The van der Waals surface area contributed by atoms with E-state index in [4.69, 9.17) is 4.74 Å². The molecule has 206 valence electrons. The first-order valence-electron chi connectivity index (χ1n) is 13.7. The quantitative estimate of drug-likeness (QED) is 0.234. The van der Waals surface area contributed by atoms with Crippen LogP contribution >= 0.6 is 0 Å². The molecule has 6 nitrogen and oxygen atoms in total. The fourth-order valence-electron chi connectivity index (χ4n) is 5.48. The lowest BCUT2D eigenvalue weighted by molar-refractivity contribution is -0.160. The van der Waals surface area contributed by atoms with Crippen molar-refractivity contribution < 1.29 is 23.8 Å². The number of hydrogen-bond donors (Lipinski definition) is 2. The number of aliphatic hydroxyl groups is 1. The molecule has 40 heavy (non-hydrogen) atoms. The van der Waals surface area contributed by atoms with Crippen LogP contribution in [0.15, 0.2) is 84.9 Å². The molecule has 0 radical (unpaired) electrons. The number of halogens is 1. The molecule has 1 amide bonds. The second kappa shape index (κ2) is 12.3. The van der Waals surface area contributed by atoms with Gasteiger partial charge in [0.15, 0.2) is 0 Å². The van der Waals surface area contributed by atoms with Crippen molar-refractivity contribution >= 4 is 17.6 Å². The van der Waals surface area contributed by atoms with Gasteiger partial charge in [-0.15, -0.1) is 0 Å². The number of aromatic nitrogens is 1. The molecule has 2 N–H and O–H groups in total. The van der Waals surface area contributed by atoms with Crippen LogP contribution in [0.4, 0.5) is 10.1 Å². The number of amides is 1. The summed E-state index contributed by atoms with van der Waals surface area (Å²) >= 11 is 0. The summed E-state index contributed by atoms with van der Waals surface area (Å²) in [6.45, 7) is 2.51. The van der Waals surface area contributed by atoms with E-state index >= 15 is 0 Å². The van der Waals surface area contributed by atoms with E-state index in [0.29, 0.717) is 37.1 Å². The lowest BCUT2D eigenvalue weighted by atomic mass is 9.95. The molecule has 1 aliphatic heterocycles. The molecule has 0 saturated carbocycles. The van der Waals surface area contributed by atoms with Gasteiger partial charge < -0.3 is 19.7 Å². The number of hydrogen-bond acceptors (Lipinski definition) is 4. The van der Waals surface area contributed by atoms with E-state index in [1.54, 1.807) is 12.1 Å². The SMILES string of the molecule is CCCc1c(C(=O)Nc2ccccc2)c(-c2ccccc2)c(-c2ccc(F)cc2)n1CCC1CC(O)CC(=O)O1. The van der Waals surface area contributed by atoms with Gasteiger partial charge in [-0.25, -0.2) is 4.39 Å². The van der Waals surface area contributed by atoms with Crippen molar-refractivity contribution in [3.8, 4) is 22.4 Å². The normalized spacial score (nSPS) is 16.9. The third-order valence-electron chi connectivity index (χ3n) is 7.21. The summed E-state index contributed by atoms with van der Waals surface area (Å²) < 4.78 is 21.7. The molecule has 1 aromatic heterocycles. The van der Waals surface area contributed by atoms with Gasteiger partial charge in [0.2, 0.25) is 0 Å². The van der Waals surface area contributed by atoms with Crippen LogP contribution in [-0.2, 0) is 22.5 Å². The second-order valence-corrected chi connectivity index (χ2v) is 10.1. The van der Waals surface area contributed by atoms with Crippen LogP contribution in [-0.4, -0.2) is 33.8 Å². The number of para-hydroxylation sites is 1. The lowest BCUT2D eigenvalue weighted by Gasteiger charge is -2.26. The molecule has 7 heteroatoms. The van der Waals surface area contributed by atoms with Crippen molar-refractivity contribution in [1.29, 1.82) is 0 Å². The summed E-state index contributed by atoms with van der Waals surface area (Å²) in [4.78, 5) is 26.1. The minimum Gasteiger partial charge on any atom is -0.462 e. The Kier molecular flexibility index (Phi) is 8.41. The van der Waals surface area contributed by atoms with Crippen molar-refractivity contribution in [3.63, 3.8) is 0 Å². The molecule has 1 saturated heterocycles. The topological polar surface area (TPSA) is 80.6 Å². The molecule has 2 atom stereocenters. The van der Waals surface area contributed by atoms with Gasteiger partial charge in [0, 0.05) is 36.3 Å². The highest BCUT2D eigenvalue weighted by Gasteiger charge is 2.31. The number of esters is 1. The summed E-state index contributed by atoms with van der Waals surface area (Å²) in [5, 5.41) is 13.2. The predicted octanol–water partition coefficient (Wildman–Crippen LogP) is 6.62. The van der Waals surface area contributed by atoms with Crippen LogP contribution in [0, 0.1) is 5.82 Å². The molecule has 0 aliphatic carbocycles. The van der Waals surface area contributed by atoms with E-state index in [1.807, 2.05) is 60.7 Å². The van der Waals surface area contributed by atoms with Crippen molar-refractivity contribution in [1.82, 2.24) is 4.57 Å². The Labute approximate surface area is 233 Å². The smallest absolute Gasteiger partial charge is 0.308 e. The minimum atomic E-state index is -0.727. The maximum absolute atomic E-state index is 14.1. The predicted molar refractivity (Wildman–Crippen MR) is 153 cm³/mol. The Morgan fingerprint density at radius 1 is 1.00 bits per heavy atom. The molecule has 1 fully saturated rings. The fourth-order valence-corrected chi connectivity index (χ4v) is 5.48. The zero-order valence-electron chi connectivity index (χ0n) is 22.5.